The Morgan fingerprint density at radius 3 is 2.83 bits per heavy atom. The number of nitrogens with zero attached hydrogens (tertiary/aromatic N) is 2. The summed E-state index contributed by atoms with van der Waals surface area (Å²) in [5, 5.41) is 1.97. The maximum Gasteiger partial charge on any atom is 0.223 e. The van der Waals surface area contributed by atoms with Gasteiger partial charge in [-0.15, -0.1) is 0 Å². The number of nitrogens with one attached hydrogen (secondary N) is 1. The quantitative estimate of drug-likeness (QED) is 0.499. The topological polar surface area (TPSA) is 57.8 Å². The minimum absolute atomic E-state index is 0.208. The number of carbonyl (C=O) groups is 1. The summed E-state index contributed by atoms with van der Waals surface area (Å²) in [5.74, 6) is 1.01. The lowest BCUT2D eigenvalue weighted by molar-refractivity contribution is -0.139. The van der Waals surface area contributed by atoms with Crippen molar-refractivity contribution in [3.05, 3.63) is 64.8 Å². The van der Waals surface area contributed by atoms with Gasteiger partial charge in [-0.3, -0.25) is 9.69 Å². The highest BCUT2D eigenvalue weighted by Gasteiger charge is 2.39. The van der Waals surface area contributed by atoms with Crippen LogP contribution in [-0.4, -0.2) is 66.7 Å². The van der Waals surface area contributed by atoms with Gasteiger partial charge < -0.3 is 19.4 Å². The van der Waals surface area contributed by atoms with E-state index < -0.39 is 0 Å². The molecule has 1 N–H and O–H groups in total. The molecular formula is C28H34ClN3O3. The predicted molar refractivity (Wildman–Crippen MR) is 139 cm³/mol. The molecule has 0 saturated carbocycles. The van der Waals surface area contributed by atoms with Crippen LogP contribution in [0.4, 0.5) is 0 Å². The fraction of sp³-hybridized carbons (Fsp3) is 0.464. The van der Waals surface area contributed by atoms with Crippen LogP contribution in [0.1, 0.15) is 30.4 Å². The number of morpholine rings is 1. The Labute approximate surface area is 212 Å². The second-order valence-electron chi connectivity index (χ2n) is 10.1. The number of rotatable bonds is 7. The normalized spacial score (nSPS) is 21.4. The number of aryl methyl sites for hydroxylation is 1. The molecule has 2 aliphatic heterocycles. The number of amides is 1. The maximum absolute atomic E-state index is 13.3. The first-order valence-electron chi connectivity index (χ1n) is 12.5. The Balaban J connectivity index is 1.33. The monoisotopic (exact) mass is 495 g/mol. The van der Waals surface area contributed by atoms with E-state index in [0.29, 0.717) is 39.3 Å². The van der Waals surface area contributed by atoms with Gasteiger partial charge in [-0.25, -0.2) is 0 Å². The maximum atomic E-state index is 13.3. The van der Waals surface area contributed by atoms with Crippen LogP contribution in [0.3, 0.4) is 0 Å². The summed E-state index contributed by atoms with van der Waals surface area (Å²) in [4.78, 5) is 21.0. The summed E-state index contributed by atoms with van der Waals surface area (Å²) in [5.41, 5.74) is 3.21. The van der Waals surface area contributed by atoms with E-state index in [1.807, 2.05) is 36.2 Å². The summed E-state index contributed by atoms with van der Waals surface area (Å²) < 4.78 is 11.8. The fourth-order valence-electron chi connectivity index (χ4n) is 5.41. The van der Waals surface area contributed by atoms with Crippen molar-refractivity contribution in [1.29, 1.82) is 0 Å². The van der Waals surface area contributed by atoms with Crippen molar-refractivity contribution >= 4 is 28.4 Å². The van der Waals surface area contributed by atoms with Crippen molar-refractivity contribution in [2.45, 2.75) is 32.7 Å². The van der Waals surface area contributed by atoms with Gasteiger partial charge in [0.15, 0.2) is 0 Å². The predicted octanol–water partition coefficient (Wildman–Crippen LogP) is 5.04. The number of fused-ring (bicyclic) bond motifs is 1. The van der Waals surface area contributed by atoms with E-state index in [4.69, 9.17) is 21.1 Å². The number of piperidine rings is 1. The minimum atomic E-state index is -0.237. The smallest absolute Gasteiger partial charge is 0.223 e. The molecule has 0 unspecified atom stereocenters. The lowest BCUT2D eigenvalue weighted by Crippen LogP contribution is -2.50. The highest BCUT2D eigenvalue weighted by atomic mass is 35.5. The molecule has 1 amide bonds. The number of ether oxygens (including phenoxy) is 2. The number of benzene rings is 2. The van der Waals surface area contributed by atoms with E-state index >= 15 is 0 Å². The molecule has 3 heterocycles. The zero-order valence-corrected chi connectivity index (χ0v) is 21.2. The van der Waals surface area contributed by atoms with E-state index in [-0.39, 0.29) is 11.3 Å². The number of hydrogen-bond donors (Lipinski definition) is 1. The lowest BCUT2D eigenvalue weighted by atomic mass is 9.77. The van der Waals surface area contributed by atoms with Gasteiger partial charge in [-0.05, 0) is 79.2 Å². The summed E-state index contributed by atoms with van der Waals surface area (Å²) in [7, 11) is 0. The molecule has 2 saturated heterocycles. The summed E-state index contributed by atoms with van der Waals surface area (Å²) in [6.45, 7) is 7.81. The van der Waals surface area contributed by atoms with Gasteiger partial charge in [0, 0.05) is 54.8 Å². The molecule has 0 bridgehead atoms. The zero-order chi connectivity index (χ0) is 24.3. The Morgan fingerprint density at radius 1 is 1.14 bits per heavy atom. The van der Waals surface area contributed by atoms with Crippen LogP contribution in [0, 0.1) is 12.3 Å². The van der Waals surface area contributed by atoms with Crippen molar-refractivity contribution < 1.29 is 14.3 Å². The third kappa shape index (κ3) is 5.83. The first kappa shape index (κ1) is 24.2. The number of aromatic nitrogens is 1. The molecule has 1 aromatic heterocycles. The van der Waals surface area contributed by atoms with E-state index in [2.05, 4.69) is 34.1 Å². The number of H-pyrrole nitrogens is 1. The van der Waals surface area contributed by atoms with Crippen molar-refractivity contribution in [3.63, 3.8) is 0 Å². The summed E-state index contributed by atoms with van der Waals surface area (Å²) in [6, 6.07) is 14.5. The van der Waals surface area contributed by atoms with Crippen molar-refractivity contribution in [1.82, 2.24) is 14.8 Å². The molecule has 7 heteroatoms. The van der Waals surface area contributed by atoms with Crippen molar-refractivity contribution in [2.24, 2.45) is 5.41 Å². The molecule has 2 aromatic carbocycles. The third-order valence-corrected chi connectivity index (χ3v) is 7.75. The van der Waals surface area contributed by atoms with Crippen molar-refractivity contribution in [2.75, 3.05) is 46.0 Å². The summed E-state index contributed by atoms with van der Waals surface area (Å²) >= 11 is 6.21. The van der Waals surface area contributed by atoms with Crippen LogP contribution in [-0.2, 0) is 16.1 Å². The van der Waals surface area contributed by atoms with Gasteiger partial charge >= 0.3 is 0 Å². The van der Waals surface area contributed by atoms with Gasteiger partial charge in [0.05, 0.1) is 19.8 Å². The minimum Gasteiger partial charge on any atom is -0.493 e. The number of halogens is 1. The average Bonchev–Trinajstić information content (AvgIpc) is 3.33. The molecule has 0 aliphatic carbocycles. The van der Waals surface area contributed by atoms with Crippen LogP contribution >= 0.6 is 11.6 Å². The largest absolute Gasteiger partial charge is 0.493 e. The van der Waals surface area contributed by atoms with Crippen LogP contribution in [0.5, 0.6) is 5.75 Å². The van der Waals surface area contributed by atoms with E-state index in [1.54, 1.807) is 0 Å². The molecule has 2 aliphatic rings. The van der Waals surface area contributed by atoms with Crippen LogP contribution in [0.15, 0.2) is 48.7 Å². The van der Waals surface area contributed by atoms with Gasteiger partial charge in [-0.1, -0.05) is 17.7 Å². The molecule has 35 heavy (non-hydrogen) atoms. The molecule has 6 nitrogen and oxygen atoms in total. The summed E-state index contributed by atoms with van der Waals surface area (Å²) in [6.07, 6.45) is 4.50. The van der Waals surface area contributed by atoms with Gasteiger partial charge in [0.2, 0.25) is 5.91 Å². The molecule has 0 spiro atoms. The molecule has 0 radical (unpaired) electrons. The molecular weight excluding hydrogens is 462 g/mol. The van der Waals surface area contributed by atoms with Gasteiger partial charge in [0.1, 0.15) is 5.75 Å². The molecule has 1 atom stereocenters. The number of carbonyl (C=O) groups excluding carboxylic acids is 1. The number of likely N-dealkylation sites (tertiary alicyclic amines) is 1. The first-order valence-corrected chi connectivity index (χ1v) is 12.9. The van der Waals surface area contributed by atoms with Crippen LogP contribution in [0.25, 0.3) is 10.9 Å². The molecule has 3 aromatic rings. The highest BCUT2D eigenvalue weighted by Crippen LogP contribution is 2.36. The van der Waals surface area contributed by atoms with Gasteiger partial charge in [-0.2, -0.15) is 0 Å². The Kier molecular flexibility index (Phi) is 7.32. The number of hydrogen-bond acceptors (Lipinski definition) is 4. The van der Waals surface area contributed by atoms with E-state index in [0.717, 1.165) is 54.3 Å². The SMILES string of the molecule is Cc1cc(OC[C@]2(CC(=O)N3CCOCC3)CCCN(Cc3ccc4[nH]ccc4c3)C2)ccc1Cl. The lowest BCUT2D eigenvalue weighted by Gasteiger charge is -2.43. The van der Waals surface area contributed by atoms with E-state index in [9.17, 15) is 4.79 Å². The standard InChI is InChI=1S/C28H34ClN3O3/c1-21-15-24(4-5-25(21)29)35-20-28(17-27(33)32-11-13-34-14-12-32)8-2-10-31(19-28)18-22-3-6-26-23(16-22)7-9-30-26/h3-7,9,15-16,30H,2,8,10-14,17-20H2,1H3/t28-/m0/s1. The Bertz CT molecular complexity index is 1170. The zero-order valence-electron chi connectivity index (χ0n) is 20.4. The van der Waals surface area contributed by atoms with Crippen molar-refractivity contribution in [3.8, 4) is 5.75 Å². The molecule has 186 valence electrons. The Morgan fingerprint density at radius 2 is 2.00 bits per heavy atom. The average molecular weight is 496 g/mol. The Hall–Kier alpha value is -2.54. The second-order valence-corrected chi connectivity index (χ2v) is 10.5. The van der Waals surface area contributed by atoms with Crippen LogP contribution < -0.4 is 4.74 Å². The molecule has 2 fully saturated rings. The molecule has 5 rings (SSSR count). The second kappa shape index (κ2) is 10.6. The highest BCUT2D eigenvalue weighted by molar-refractivity contribution is 6.31. The third-order valence-electron chi connectivity index (χ3n) is 7.33. The van der Waals surface area contributed by atoms with E-state index in [1.165, 1.54) is 10.9 Å². The number of aromatic amines is 1. The first-order chi connectivity index (χ1) is 17.0. The fourth-order valence-corrected chi connectivity index (χ4v) is 5.52. The van der Waals surface area contributed by atoms with Crippen LogP contribution in [0.2, 0.25) is 5.02 Å². The van der Waals surface area contributed by atoms with Gasteiger partial charge in [0.25, 0.3) is 0 Å².